The van der Waals surface area contributed by atoms with Crippen LogP contribution in [0.15, 0.2) is 72.8 Å². The van der Waals surface area contributed by atoms with Gasteiger partial charge in [-0.05, 0) is 66.4 Å². The fraction of sp³-hybridized carbons (Fsp3) is 0.240. The Kier molecular flexibility index (Phi) is 7.44. The quantitative estimate of drug-likeness (QED) is 0.531. The summed E-state index contributed by atoms with van der Waals surface area (Å²) in [5, 5.41) is 2.93. The fourth-order valence-corrected chi connectivity index (χ4v) is 2.93. The van der Waals surface area contributed by atoms with Crippen LogP contribution in [-0.2, 0) is 17.9 Å². The Morgan fingerprint density at radius 1 is 0.967 bits per heavy atom. The van der Waals surface area contributed by atoms with E-state index in [4.69, 9.17) is 9.47 Å². The van der Waals surface area contributed by atoms with Crippen LogP contribution in [0.1, 0.15) is 30.0 Å². The van der Waals surface area contributed by atoms with Crippen LogP contribution < -0.4 is 14.8 Å². The highest BCUT2D eigenvalue weighted by atomic mass is 19.1. The predicted octanol–water partition coefficient (Wildman–Crippen LogP) is 5.19. The molecular formula is C25H26FNO3. The van der Waals surface area contributed by atoms with Crippen LogP contribution in [0.25, 0.3) is 0 Å². The van der Waals surface area contributed by atoms with E-state index in [1.165, 1.54) is 12.1 Å². The summed E-state index contributed by atoms with van der Waals surface area (Å²) in [6.07, 6.45) is 0.0424. The SMILES string of the molecule is CC[C@@H](Oc1cccc(C)c1)C(=O)NCc1ccc(OCc2ccc(F)cc2)cc1. The minimum atomic E-state index is -0.537. The lowest BCUT2D eigenvalue weighted by molar-refractivity contribution is -0.128. The molecule has 0 radical (unpaired) electrons. The van der Waals surface area contributed by atoms with Crippen molar-refractivity contribution < 1.29 is 18.7 Å². The Hall–Kier alpha value is -3.34. The molecule has 0 aromatic heterocycles. The van der Waals surface area contributed by atoms with Crippen molar-refractivity contribution in [2.45, 2.75) is 39.5 Å². The van der Waals surface area contributed by atoms with Gasteiger partial charge in [0.15, 0.2) is 6.10 Å². The average molecular weight is 407 g/mol. The number of ether oxygens (including phenoxy) is 2. The molecule has 5 heteroatoms. The molecule has 0 heterocycles. The molecule has 0 saturated heterocycles. The van der Waals surface area contributed by atoms with Gasteiger partial charge in [-0.25, -0.2) is 4.39 Å². The first-order valence-corrected chi connectivity index (χ1v) is 10.0. The number of rotatable bonds is 9. The van der Waals surface area contributed by atoms with Gasteiger partial charge in [-0.2, -0.15) is 0 Å². The van der Waals surface area contributed by atoms with Gasteiger partial charge in [0.2, 0.25) is 0 Å². The molecule has 3 aromatic rings. The summed E-state index contributed by atoms with van der Waals surface area (Å²) < 4.78 is 24.5. The molecule has 30 heavy (non-hydrogen) atoms. The van der Waals surface area contributed by atoms with Crippen LogP contribution >= 0.6 is 0 Å². The molecule has 0 saturated carbocycles. The zero-order chi connectivity index (χ0) is 21.3. The fourth-order valence-electron chi connectivity index (χ4n) is 2.93. The zero-order valence-corrected chi connectivity index (χ0v) is 17.2. The van der Waals surface area contributed by atoms with E-state index in [0.29, 0.717) is 31.1 Å². The van der Waals surface area contributed by atoms with E-state index in [9.17, 15) is 9.18 Å². The van der Waals surface area contributed by atoms with Crippen molar-refractivity contribution >= 4 is 5.91 Å². The summed E-state index contributed by atoms with van der Waals surface area (Å²) in [6.45, 7) is 4.68. The minimum Gasteiger partial charge on any atom is -0.489 e. The molecule has 0 spiro atoms. The van der Waals surface area contributed by atoms with Crippen molar-refractivity contribution in [2.24, 2.45) is 0 Å². The van der Waals surface area contributed by atoms with Gasteiger partial charge in [-0.1, -0.05) is 43.3 Å². The standard InChI is InChI=1S/C25H26FNO3/c1-3-24(30-23-6-4-5-18(2)15-23)25(28)27-16-19-9-13-22(14-10-19)29-17-20-7-11-21(26)12-8-20/h4-15,24H,3,16-17H2,1-2H3,(H,27,28)/t24-/m1/s1. The van der Waals surface area contributed by atoms with Gasteiger partial charge in [0.25, 0.3) is 5.91 Å². The number of hydrogen-bond acceptors (Lipinski definition) is 3. The lowest BCUT2D eigenvalue weighted by Crippen LogP contribution is -2.37. The zero-order valence-electron chi connectivity index (χ0n) is 17.2. The molecule has 3 rings (SSSR count). The van der Waals surface area contributed by atoms with E-state index in [1.807, 2.05) is 62.4 Å². The molecule has 1 atom stereocenters. The van der Waals surface area contributed by atoms with Gasteiger partial charge < -0.3 is 14.8 Å². The third-order valence-corrected chi connectivity index (χ3v) is 4.64. The summed E-state index contributed by atoms with van der Waals surface area (Å²) in [5.74, 6) is 0.999. The maximum atomic E-state index is 12.9. The molecule has 0 fully saturated rings. The van der Waals surface area contributed by atoms with Crippen LogP contribution in [0, 0.1) is 12.7 Å². The van der Waals surface area contributed by atoms with Crippen LogP contribution in [0.4, 0.5) is 4.39 Å². The smallest absolute Gasteiger partial charge is 0.261 e. The summed E-state index contributed by atoms with van der Waals surface area (Å²) in [5.41, 5.74) is 2.94. The van der Waals surface area contributed by atoms with E-state index in [1.54, 1.807) is 12.1 Å². The van der Waals surface area contributed by atoms with Crippen molar-refractivity contribution in [1.82, 2.24) is 5.32 Å². The Morgan fingerprint density at radius 2 is 1.67 bits per heavy atom. The van der Waals surface area contributed by atoms with Gasteiger partial charge in [-0.3, -0.25) is 4.79 Å². The van der Waals surface area contributed by atoms with Gasteiger partial charge in [0.05, 0.1) is 0 Å². The molecule has 4 nitrogen and oxygen atoms in total. The van der Waals surface area contributed by atoms with Crippen LogP contribution in [0.3, 0.4) is 0 Å². The lowest BCUT2D eigenvalue weighted by Gasteiger charge is -2.17. The van der Waals surface area contributed by atoms with Crippen LogP contribution in [-0.4, -0.2) is 12.0 Å². The molecule has 0 aliphatic rings. The first-order chi connectivity index (χ1) is 14.5. The van der Waals surface area contributed by atoms with Crippen LogP contribution in [0.5, 0.6) is 11.5 Å². The van der Waals surface area contributed by atoms with Crippen molar-refractivity contribution in [3.8, 4) is 11.5 Å². The molecule has 0 aliphatic carbocycles. The van der Waals surface area contributed by atoms with E-state index in [2.05, 4.69) is 5.32 Å². The number of aryl methyl sites for hydroxylation is 1. The molecule has 156 valence electrons. The van der Waals surface area contributed by atoms with Gasteiger partial charge in [0.1, 0.15) is 23.9 Å². The summed E-state index contributed by atoms with van der Waals surface area (Å²) >= 11 is 0. The topological polar surface area (TPSA) is 47.6 Å². The van der Waals surface area contributed by atoms with Crippen molar-refractivity contribution in [1.29, 1.82) is 0 Å². The number of carbonyl (C=O) groups excluding carboxylic acids is 1. The number of amides is 1. The average Bonchev–Trinajstić information content (AvgIpc) is 2.76. The Balaban J connectivity index is 1.48. The van der Waals surface area contributed by atoms with E-state index in [0.717, 1.165) is 16.7 Å². The second-order valence-electron chi connectivity index (χ2n) is 7.11. The molecule has 1 N–H and O–H groups in total. The minimum absolute atomic E-state index is 0.143. The van der Waals surface area contributed by atoms with E-state index >= 15 is 0 Å². The highest BCUT2D eigenvalue weighted by molar-refractivity contribution is 5.81. The number of halogens is 1. The molecule has 0 unspecified atom stereocenters. The van der Waals surface area contributed by atoms with Gasteiger partial charge in [0, 0.05) is 6.54 Å². The number of carbonyl (C=O) groups is 1. The van der Waals surface area contributed by atoms with E-state index < -0.39 is 6.10 Å². The Bertz CT molecular complexity index is 955. The third kappa shape index (κ3) is 6.34. The number of nitrogens with one attached hydrogen (secondary N) is 1. The van der Waals surface area contributed by atoms with Crippen LogP contribution in [0.2, 0.25) is 0 Å². The monoisotopic (exact) mass is 407 g/mol. The second-order valence-corrected chi connectivity index (χ2v) is 7.11. The first kappa shape index (κ1) is 21.4. The van der Waals surface area contributed by atoms with Crippen molar-refractivity contribution in [2.75, 3.05) is 0 Å². The lowest BCUT2D eigenvalue weighted by atomic mass is 10.2. The number of benzene rings is 3. The van der Waals surface area contributed by atoms with E-state index in [-0.39, 0.29) is 11.7 Å². The first-order valence-electron chi connectivity index (χ1n) is 10.0. The summed E-state index contributed by atoms with van der Waals surface area (Å²) in [4.78, 5) is 12.5. The third-order valence-electron chi connectivity index (χ3n) is 4.64. The molecule has 0 bridgehead atoms. The normalized spacial score (nSPS) is 11.6. The molecule has 3 aromatic carbocycles. The maximum absolute atomic E-state index is 12.9. The molecule has 0 aliphatic heterocycles. The highest BCUT2D eigenvalue weighted by Crippen LogP contribution is 2.17. The van der Waals surface area contributed by atoms with Gasteiger partial charge >= 0.3 is 0 Å². The van der Waals surface area contributed by atoms with Gasteiger partial charge in [-0.15, -0.1) is 0 Å². The summed E-state index contributed by atoms with van der Waals surface area (Å²) in [7, 11) is 0. The molecular weight excluding hydrogens is 381 g/mol. The van der Waals surface area contributed by atoms with Crippen molar-refractivity contribution in [3.63, 3.8) is 0 Å². The predicted molar refractivity (Wildman–Crippen MR) is 115 cm³/mol. The molecule has 1 amide bonds. The highest BCUT2D eigenvalue weighted by Gasteiger charge is 2.18. The van der Waals surface area contributed by atoms with Crippen molar-refractivity contribution in [3.05, 3.63) is 95.3 Å². The largest absolute Gasteiger partial charge is 0.489 e. The summed E-state index contributed by atoms with van der Waals surface area (Å²) in [6, 6.07) is 21.4. The Morgan fingerprint density at radius 3 is 2.33 bits per heavy atom. The Labute approximate surface area is 176 Å². The maximum Gasteiger partial charge on any atom is 0.261 e. The number of hydrogen-bond donors (Lipinski definition) is 1. The second kappa shape index (κ2) is 10.4.